The third-order valence-electron chi connectivity index (χ3n) is 10.2. The van der Waals surface area contributed by atoms with Gasteiger partial charge in [-0.05, 0) is 85.1 Å². The van der Waals surface area contributed by atoms with Gasteiger partial charge in [-0.1, -0.05) is 60.7 Å². The van der Waals surface area contributed by atoms with Gasteiger partial charge in [0.1, 0.15) is 13.2 Å². The molecule has 308 valence electrons. The van der Waals surface area contributed by atoms with Crippen LogP contribution >= 0.6 is 11.6 Å². The summed E-state index contributed by atoms with van der Waals surface area (Å²) in [6.45, 7) is 5.09. The van der Waals surface area contributed by atoms with Crippen LogP contribution in [0.5, 0.6) is 11.5 Å². The van der Waals surface area contributed by atoms with Crippen molar-refractivity contribution in [3.63, 3.8) is 0 Å². The van der Waals surface area contributed by atoms with Crippen molar-refractivity contribution < 1.29 is 9.47 Å². The van der Waals surface area contributed by atoms with Crippen molar-refractivity contribution in [3.05, 3.63) is 174 Å². The molecule has 15 heteroatoms. The summed E-state index contributed by atoms with van der Waals surface area (Å²) < 4.78 is 15.6. The van der Waals surface area contributed by atoms with Crippen molar-refractivity contribution in [1.82, 2.24) is 39.0 Å². The topological polar surface area (TPSA) is 150 Å². The average molecular weight is 833 g/mol. The second-order valence-corrected chi connectivity index (χ2v) is 14.9. The van der Waals surface area contributed by atoms with Gasteiger partial charge >= 0.3 is 0 Å². The van der Waals surface area contributed by atoms with Crippen LogP contribution in [0.15, 0.2) is 147 Å². The molecule has 61 heavy (non-hydrogen) atoms. The summed E-state index contributed by atoms with van der Waals surface area (Å²) in [6.07, 6.45) is 10.9. The molecular formula is C46H45ClN12O2. The van der Waals surface area contributed by atoms with Crippen LogP contribution in [0.2, 0.25) is 5.28 Å². The van der Waals surface area contributed by atoms with Crippen molar-refractivity contribution in [2.24, 2.45) is 0 Å². The Morgan fingerprint density at radius 1 is 0.607 bits per heavy atom. The quantitative estimate of drug-likeness (QED) is 0.122. The number of hydrogen-bond donors (Lipinski definition) is 2. The zero-order valence-electron chi connectivity index (χ0n) is 34.2. The number of ether oxygens (including phenoxy) is 2. The maximum atomic E-state index is 5.93. The first-order valence-electron chi connectivity index (χ1n) is 19.6. The molecule has 0 spiro atoms. The number of fused-ring (bicyclic) bond motifs is 2. The standard InChI is InChI=1S/C23H22N6O.C13H12ClN3O.C10H11N3/c1-16-13-29(15-25-16)19-10-8-18(9-11-19)26-23-24-12-21-22(27-23)28(2)20(14-30-21)17-6-4-3-5-7-17;1-17-10(9-5-3-2-4-6-9)8-18-11-7-15-13(14)16-12(11)17;1-8-6-13(7-12-8)10-4-2-9(11)3-5-10/h3-13,15,20H,14H2,1-2H3,(H,24,26,27);2-7,10H,8H2,1H3;2-7H,11H2,1H3. The molecule has 0 bridgehead atoms. The van der Waals surface area contributed by atoms with Crippen LogP contribution in [0.1, 0.15) is 34.6 Å². The summed E-state index contributed by atoms with van der Waals surface area (Å²) in [5.74, 6) is 3.41. The van der Waals surface area contributed by atoms with Gasteiger partial charge in [-0.3, -0.25) is 0 Å². The summed E-state index contributed by atoms with van der Waals surface area (Å²) in [6, 6.07) is 36.5. The van der Waals surface area contributed by atoms with E-state index in [0.29, 0.717) is 30.7 Å². The third-order valence-corrected chi connectivity index (χ3v) is 10.4. The van der Waals surface area contributed by atoms with E-state index in [2.05, 4.69) is 64.3 Å². The lowest BCUT2D eigenvalue weighted by atomic mass is 10.1. The van der Waals surface area contributed by atoms with Gasteiger partial charge in [0.05, 0.1) is 48.5 Å². The summed E-state index contributed by atoms with van der Waals surface area (Å²) in [5, 5.41) is 3.52. The SMILES string of the molecule is CN1c2nc(Cl)ncc2OCC1c1ccccc1.Cc1cn(-c2ccc(N)cc2)cn1.Cc1cn(-c2ccc(Nc3ncc4c(n3)N(C)C(c3ccccc3)CO4)cc2)cn1. The highest BCUT2D eigenvalue weighted by molar-refractivity contribution is 6.28. The Bertz CT molecular complexity index is 2670. The highest BCUT2D eigenvalue weighted by Crippen LogP contribution is 2.38. The number of benzene rings is 4. The lowest BCUT2D eigenvalue weighted by molar-refractivity contribution is 0.265. The summed E-state index contributed by atoms with van der Waals surface area (Å²) in [5.41, 5.74) is 13.8. The Kier molecular flexibility index (Phi) is 12.0. The van der Waals surface area contributed by atoms with Gasteiger partial charge in [-0.25, -0.2) is 19.9 Å². The fraction of sp³-hybridized carbons (Fsp3) is 0.174. The number of nitrogen functional groups attached to an aromatic ring is 1. The molecule has 14 nitrogen and oxygen atoms in total. The number of anilines is 5. The largest absolute Gasteiger partial charge is 0.486 e. The van der Waals surface area contributed by atoms with E-state index in [-0.39, 0.29) is 17.4 Å². The molecule has 2 aliphatic heterocycles. The molecule has 8 aromatic rings. The first-order valence-corrected chi connectivity index (χ1v) is 20.0. The van der Waals surface area contributed by atoms with Crippen LogP contribution < -0.4 is 30.3 Å². The van der Waals surface area contributed by atoms with Gasteiger partial charge in [0, 0.05) is 49.2 Å². The molecule has 0 saturated heterocycles. The van der Waals surface area contributed by atoms with Crippen molar-refractivity contribution in [2.75, 3.05) is 48.2 Å². The van der Waals surface area contributed by atoms with Gasteiger partial charge < -0.3 is 39.5 Å². The number of hydrogen-bond acceptors (Lipinski definition) is 12. The minimum absolute atomic E-state index is 0.111. The Labute approximate surface area is 359 Å². The van der Waals surface area contributed by atoms with Crippen LogP contribution in [0, 0.1) is 13.8 Å². The number of rotatable bonds is 6. The molecule has 0 radical (unpaired) electrons. The second kappa shape index (κ2) is 18.2. The average Bonchev–Trinajstić information content (AvgIpc) is 3.94. The maximum Gasteiger partial charge on any atom is 0.229 e. The van der Waals surface area contributed by atoms with Gasteiger partial charge in [-0.15, -0.1) is 0 Å². The molecule has 2 atom stereocenters. The fourth-order valence-electron chi connectivity index (χ4n) is 6.94. The molecule has 3 N–H and O–H groups in total. The first-order chi connectivity index (χ1) is 29.7. The molecule has 6 heterocycles. The van der Waals surface area contributed by atoms with Gasteiger partial charge in [0.15, 0.2) is 23.1 Å². The monoisotopic (exact) mass is 832 g/mol. The summed E-state index contributed by atoms with van der Waals surface area (Å²) in [4.78, 5) is 29.9. The number of aryl methyl sites for hydroxylation is 2. The van der Waals surface area contributed by atoms with Gasteiger partial charge in [0.25, 0.3) is 0 Å². The Morgan fingerprint density at radius 3 is 1.57 bits per heavy atom. The summed E-state index contributed by atoms with van der Waals surface area (Å²) >= 11 is 5.83. The molecule has 0 aliphatic carbocycles. The smallest absolute Gasteiger partial charge is 0.229 e. The Hall–Kier alpha value is -7.45. The Morgan fingerprint density at radius 2 is 1.08 bits per heavy atom. The first kappa shape index (κ1) is 40.3. The van der Waals surface area contributed by atoms with E-state index < -0.39 is 0 Å². The Balaban J connectivity index is 0.000000140. The van der Waals surface area contributed by atoms with Crippen molar-refractivity contribution in [1.29, 1.82) is 0 Å². The molecule has 10 rings (SSSR count). The molecule has 0 fully saturated rings. The lowest BCUT2D eigenvalue weighted by Crippen LogP contribution is -2.34. The van der Waals surface area contributed by atoms with Crippen LogP contribution in [-0.4, -0.2) is 66.3 Å². The van der Waals surface area contributed by atoms with Crippen LogP contribution in [0.25, 0.3) is 11.4 Å². The van der Waals surface area contributed by atoms with Gasteiger partial charge in [0.2, 0.25) is 11.2 Å². The number of likely N-dealkylation sites (N-methyl/N-ethyl adjacent to an activating group) is 2. The number of halogens is 1. The van der Waals surface area contributed by atoms with E-state index in [0.717, 1.165) is 45.8 Å². The van der Waals surface area contributed by atoms with Crippen molar-refractivity contribution in [3.8, 4) is 22.9 Å². The maximum absolute atomic E-state index is 5.93. The van der Waals surface area contributed by atoms with Crippen LogP contribution in [-0.2, 0) is 0 Å². The molecule has 4 aromatic heterocycles. The third kappa shape index (κ3) is 9.55. The van der Waals surface area contributed by atoms with E-state index in [4.69, 9.17) is 31.8 Å². The molecule has 0 amide bonds. The minimum Gasteiger partial charge on any atom is -0.486 e. The van der Waals surface area contributed by atoms with Crippen LogP contribution in [0.4, 0.5) is 29.0 Å². The summed E-state index contributed by atoms with van der Waals surface area (Å²) in [7, 11) is 4.03. The molecule has 0 saturated carbocycles. The second-order valence-electron chi connectivity index (χ2n) is 14.5. The van der Waals surface area contributed by atoms with E-state index in [1.165, 1.54) is 11.1 Å². The van der Waals surface area contributed by atoms with Crippen molar-refractivity contribution >= 4 is 40.6 Å². The number of nitrogens with one attached hydrogen (secondary N) is 1. The van der Waals surface area contributed by atoms with E-state index >= 15 is 0 Å². The van der Waals surface area contributed by atoms with E-state index in [9.17, 15) is 0 Å². The van der Waals surface area contributed by atoms with E-state index in [1.54, 1.807) is 18.7 Å². The number of nitrogens with two attached hydrogens (primary N) is 1. The molecule has 4 aromatic carbocycles. The number of imidazole rings is 2. The van der Waals surface area contributed by atoms with Gasteiger partial charge in [-0.2, -0.15) is 9.97 Å². The van der Waals surface area contributed by atoms with Crippen molar-refractivity contribution in [2.45, 2.75) is 25.9 Å². The molecule has 2 aliphatic rings. The highest BCUT2D eigenvalue weighted by Gasteiger charge is 2.29. The fourth-order valence-corrected chi connectivity index (χ4v) is 7.06. The lowest BCUT2D eigenvalue weighted by Gasteiger charge is -2.34. The zero-order chi connectivity index (χ0) is 42.3. The van der Waals surface area contributed by atoms with Crippen LogP contribution in [0.3, 0.4) is 0 Å². The predicted molar refractivity (Wildman–Crippen MR) is 240 cm³/mol. The number of aromatic nitrogens is 8. The zero-order valence-corrected chi connectivity index (χ0v) is 34.9. The highest BCUT2D eigenvalue weighted by atomic mass is 35.5. The molecular weight excluding hydrogens is 788 g/mol. The van der Waals surface area contributed by atoms with E-state index in [1.807, 2.05) is 141 Å². The number of nitrogens with zero attached hydrogens (tertiary/aromatic N) is 10. The normalized spacial score (nSPS) is 15.1. The minimum atomic E-state index is 0.111. The molecule has 2 unspecified atom stereocenters. The predicted octanol–water partition coefficient (Wildman–Crippen LogP) is 8.75.